The Hall–Kier alpha value is -1.81. The first-order valence-corrected chi connectivity index (χ1v) is 6.83. The number of hydrogen-bond donors (Lipinski definition) is 1. The summed E-state index contributed by atoms with van der Waals surface area (Å²) in [6, 6.07) is 11.0. The summed E-state index contributed by atoms with van der Waals surface area (Å²) in [5, 5.41) is 7.64. The van der Waals surface area contributed by atoms with Gasteiger partial charge in [-0.05, 0) is 36.6 Å². The second-order valence-electron chi connectivity index (χ2n) is 4.92. The predicted octanol–water partition coefficient (Wildman–Crippen LogP) is 2.21. The van der Waals surface area contributed by atoms with Crippen molar-refractivity contribution < 1.29 is 4.74 Å². The van der Waals surface area contributed by atoms with Crippen LogP contribution in [0.4, 0.5) is 0 Å². The molecule has 19 heavy (non-hydrogen) atoms. The molecule has 1 aromatic carbocycles. The molecule has 3 rings (SSSR count). The van der Waals surface area contributed by atoms with E-state index in [4.69, 9.17) is 4.74 Å². The smallest absolute Gasteiger partial charge is 0.119 e. The van der Waals surface area contributed by atoms with Crippen molar-refractivity contribution in [2.75, 3.05) is 6.61 Å². The molecule has 1 aliphatic carbocycles. The van der Waals surface area contributed by atoms with Gasteiger partial charge in [0.2, 0.25) is 0 Å². The van der Waals surface area contributed by atoms with Gasteiger partial charge in [0.05, 0.1) is 6.54 Å². The van der Waals surface area contributed by atoms with Crippen molar-refractivity contribution in [2.45, 2.75) is 32.0 Å². The van der Waals surface area contributed by atoms with Crippen LogP contribution in [0.3, 0.4) is 0 Å². The highest BCUT2D eigenvalue weighted by Crippen LogP contribution is 2.19. The third kappa shape index (κ3) is 3.83. The van der Waals surface area contributed by atoms with Gasteiger partial charge in [0.1, 0.15) is 12.4 Å². The zero-order chi connectivity index (χ0) is 12.9. The summed E-state index contributed by atoms with van der Waals surface area (Å²) in [5.41, 5.74) is 1.31. The van der Waals surface area contributed by atoms with Gasteiger partial charge < -0.3 is 10.1 Å². The van der Waals surface area contributed by atoms with Crippen LogP contribution in [0.1, 0.15) is 18.4 Å². The number of hydrogen-bond acceptors (Lipinski definition) is 3. The number of rotatable bonds is 7. The number of nitrogens with zero attached hydrogens (tertiary/aromatic N) is 2. The van der Waals surface area contributed by atoms with Crippen LogP contribution in [0.15, 0.2) is 42.7 Å². The number of ether oxygens (including phenoxy) is 1. The van der Waals surface area contributed by atoms with Crippen LogP contribution in [-0.4, -0.2) is 22.4 Å². The van der Waals surface area contributed by atoms with Crippen LogP contribution < -0.4 is 10.1 Å². The summed E-state index contributed by atoms with van der Waals surface area (Å²) >= 11 is 0. The van der Waals surface area contributed by atoms with Crippen molar-refractivity contribution in [1.29, 1.82) is 0 Å². The molecule has 2 aromatic rings. The lowest BCUT2D eigenvalue weighted by atomic mass is 10.2. The zero-order valence-electron chi connectivity index (χ0n) is 11.0. The van der Waals surface area contributed by atoms with Gasteiger partial charge in [0, 0.05) is 25.0 Å². The van der Waals surface area contributed by atoms with Crippen molar-refractivity contribution >= 4 is 0 Å². The Balaban J connectivity index is 1.42. The minimum Gasteiger partial charge on any atom is -0.492 e. The normalized spacial score (nSPS) is 14.5. The number of benzene rings is 1. The van der Waals surface area contributed by atoms with Gasteiger partial charge in [-0.2, -0.15) is 5.10 Å². The molecule has 1 aliphatic rings. The molecule has 0 saturated heterocycles. The molecule has 4 nitrogen and oxygen atoms in total. The summed E-state index contributed by atoms with van der Waals surface area (Å²) < 4.78 is 7.56. The first-order valence-electron chi connectivity index (χ1n) is 6.83. The fraction of sp³-hybridized carbons (Fsp3) is 0.400. The average Bonchev–Trinajstić information content (AvgIpc) is 3.13. The second kappa shape index (κ2) is 5.89. The average molecular weight is 257 g/mol. The van der Waals surface area contributed by atoms with E-state index in [1.165, 1.54) is 18.4 Å². The third-order valence-corrected chi connectivity index (χ3v) is 3.24. The molecule has 0 unspecified atom stereocenters. The Morgan fingerprint density at radius 3 is 2.79 bits per heavy atom. The Kier molecular flexibility index (Phi) is 3.79. The Morgan fingerprint density at radius 2 is 2.11 bits per heavy atom. The van der Waals surface area contributed by atoms with Crippen molar-refractivity contribution in [3.8, 4) is 5.75 Å². The Morgan fingerprint density at radius 1 is 1.26 bits per heavy atom. The molecule has 1 heterocycles. The van der Waals surface area contributed by atoms with E-state index in [9.17, 15) is 0 Å². The lowest BCUT2D eigenvalue weighted by Gasteiger charge is -2.08. The number of nitrogens with one attached hydrogen (secondary N) is 1. The monoisotopic (exact) mass is 257 g/mol. The molecular formula is C15H19N3O. The SMILES string of the molecule is c1cnn(CCOc2ccc(CNC3CC3)cc2)c1. The molecule has 1 fully saturated rings. The first kappa shape index (κ1) is 12.2. The maximum absolute atomic E-state index is 5.69. The minimum absolute atomic E-state index is 0.640. The fourth-order valence-corrected chi connectivity index (χ4v) is 1.94. The summed E-state index contributed by atoms with van der Waals surface area (Å²) in [6.07, 6.45) is 6.38. The molecular weight excluding hydrogens is 238 g/mol. The zero-order valence-corrected chi connectivity index (χ0v) is 11.0. The highest BCUT2D eigenvalue weighted by Gasteiger charge is 2.19. The molecule has 0 aliphatic heterocycles. The lowest BCUT2D eigenvalue weighted by Crippen LogP contribution is -2.15. The molecule has 4 heteroatoms. The van der Waals surface area contributed by atoms with Gasteiger partial charge in [0.25, 0.3) is 0 Å². The lowest BCUT2D eigenvalue weighted by molar-refractivity contribution is 0.291. The summed E-state index contributed by atoms with van der Waals surface area (Å²) in [5.74, 6) is 0.919. The maximum atomic E-state index is 5.69. The van der Waals surface area contributed by atoms with Gasteiger partial charge in [-0.15, -0.1) is 0 Å². The van der Waals surface area contributed by atoms with Gasteiger partial charge in [-0.25, -0.2) is 0 Å². The molecule has 0 atom stereocenters. The molecule has 1 N–H and O–H groups in total. The van der Waals surface area contributed by atoms with E-state index < -0.39 is 0 Å². The van der Waals surface area contributed by atoms with Gasteiger partial charge in [0.15, 0.2) is 0 Å². The molecule has 0 spiro atoms. The van der Waals surface area contributed by atoms with E-state index >= 15 is 0 Å². The van der Waals surface area contributed by atoms with E-state index in [2.05, 4.69) is 22.5 Å². The van der Waals surface area contributed by atoms with Crippen molar-refractivity contribution in [3.63, 3.8) is 0 Å². The van der Waals surface area contributed by atoms with Crippen LogP contribution in [0, 0.1) is 0 Å². The highest BCUT2D eigenvalue weighted by molar-refractivity contribution is 5.27. The summed E-state index contributed by atoms with van der Waals surface area (Å²) in [4.78, 5) is 0. The van der Waals surface area contributed by atoms with Crippen molar-refractivity contribution in [3.05, 3.63) is 48.3 Å². The molecule has 0 amide bonds. The molecule has 0 radical (unpaired) electrons. The molecule has 1 saturated carbocycles. The predicted molar refractivity (Wildman–Crippen MR) is 74.0 cm³/mol. The molecule has 1 aromatic heterocycles. The van der Waals surface area contributed by atoms with E-state index in [0.717, 1.165) is 24.9 Å². The fourth-order valence-electron chi connectivity index (χ4n) is 1.94. The van der Waals surface area contributed by atoms with E-state index in [-0.39, 0.29) is 0 Å². The third-order valence-electron chi connectivity index (χ3n) is 3.24. The topological polar surface area (TPSA) is 39.1 Å². The maximum Gasteiger partial charge on any atom is 0.119 e. The van der Waals surface area contributed by atoms with E-state index in [1.807, 2.05) is 29.1 Å². The molecule has 100 valence electrons. The quantitative estimate of drug-likeness (QED) is 0.826. The van der Waals surface area contributed by atoms with Gasteiger partial charge in [-0.1, -0.05) is 12.1 Å². The second-order valence-corrected chi connectivity index (χ2v) is 4.92. The summed E-state index contributed by atoms with van der Waals surface area (Å²) in [7, 11) is 0. The van der Waals surface area contributed by atoms with E-state index in [0.29, 0.717) is 6.61 Å². The first-order chi connectivity index (χ1) is 9.40. The number of aromatic nitrogens is 2. The highest BCUT2D eigenvalue weighted by atomic mass is 16.5. The minimum atomic E-state index is 0.640. The van der Waals surface area contributed by atoms with E-state index in [1.54, 1.807) is 6.20 Å². The van der Waals surface area contributed by atoms with Crippen molar-refractivity contribution in [1.82, 2.24) is 15.1 Å². The van der Waals surface area contributed by atoms with Gasteiger partial charge >= 0.3 is 0 Å². The van der Waals surface area contributed by atoms with Crippen molar-refractivity contribution in [2.24, 2.45) is 0 Å². The van der Waals surface area contributed by atoms with Crippen LogP contribution in [0.25, 0.3) is 0 Å². The van der Waals surface area contributed by atoms with Crippen LogP contribution in [0.2, 0.25) is 0 Å². The van der Waals surface area contributed by atoms with Crippen LogP contribution >= 0.6 is 0 Å². The Bertz CT molecular complexity index is 489. The van der Waals surface area contributed by atoms with Gasteiger partial charge in [-0.3, -0.25) is 4.68 Å². The summed E-state index contributed by atoms with van der Waals surface area (Å²) in [6.45, 7) is 2.37. The van der Waals surface area contributed by atoms with Crippen LogP contribution in [-0.2, 0) is 13.1 Å². The molecule has 0 bridgehead atoms. The largest absolute Gasteiger partial charge is 0.492 e. The standard InChI is InChI=1S/C15H19N3O/c1-8-17-18(9-1)10-11-19-15-6-2-13(3-7-15)12-16-14-4-5-14/h1-3,6-9,14,16H,4-5,10-12H2. The van der Waals surface area contributed by atoms with Crippen LogP contribution in [0.5, 0.6) is 5.75 Å². The Labute approximate surface area is 113 Å².